The van der Waals surface area contributed by atoms with Crippen LogP contribution in [0.2, 0.25) is 0 Å². The first-order valence-electron chi connectivity index (χ1n) is 12.4. The van der Waals surface area contributed by atoms with Gasteiger partial charge in [-0.25, -0.2) is 4.79 Å². The van der Waals surface area contributed by atoms with Gasteiger partial charge >= 0.3 is 6.09 Å². The summed E-state index contributed by atoms with van der Waals surface area (Å²) in [5, 5.41) is 19.1. The number of carbonyl (C=O) groups excluding carboxylic acids is 1. The Balaban J connectivity index is 1.40. The van der Waals surface area contributed by atoms with E-state index in [1.54, 1.807) is 13.8 Å². The number of ether oxygens (including phenoxy) is 1. The summed E-state index contributed by atoms with van der Waals surface area (Å²) in [5.41, 5.74) is 2.97. The zero-order chi connectivity index (χ0) is 24.6. The summed E-state index contributed by atoms with van der Waals surface area (Å²) in [6.45, 7) is 6.04. The first kappa shape index (κ1) is 23.5. The van der Waals surface area contributed by atoms with Crippen molar-refractivity contribution >= 4 is 6.09 Å². The van der Waals surface area contributed by atoms with Gasteiger partial charge < -0.3 is 14.7 Å². The third-order valence-corrected chi connectivity index (χ3v) is 7.04. The highest BCUT2D eigenvalue weighted by Gasteiger charge is 2.49. The Morgan fingerprint density at radius 2 is 1.77 bits per heavy atom. The molecule has 2 aromatic carbocycles. The number of cyclic esters (lactones) is 1. The van der Waals surface area contributed by atoms with Crippen LogP contribution in [-0.4, -0.2) is 38.4 Å². The number of hydrogen-bond donors (Lipinski definition) is 1. The number of carbonyl (C=O) groups is 1. The molecule has 0 spiro atoms. The van der Waals surface area contributed by atoms with Gasteiger partial charge in [0.2, 0.25) is 0 Å². The molecule has 1 amide bonds. The molecule has 2 heterocycles. The quantitative estimate of drug-likeness (QED) is 0.471. The molecule has 35 heavy (non-hydrogen) atoms. The van der Waals surface area contributed by atoms with E-state index in [0.29, 0.717) is 25.3 Å². The lowest BCUT2D eigenvalue weighted by molar-refractivity contribution is -0.103. The Kier molecular flexibility index (Phi) is 6.09. The lowest BCUT2D eigenvalue weighted by Crippen LogP contribution is -2.51. The monoisotopic (exact) mass is 471 g/mol. The second kappa shape index (κ2) is 9.08. The van der Waals surface area contributed by atoms with Crippen LogP contribution in [0, 0.1) is 12.8 Å². The summed E-state index contributed by atoms with van der Waals surface area (Å²) in [5.74, 6) is 0.436. The minimum atomic E-state index is -0.969. The van der Waals surface area contributed by atoms with E-state index in [4.69, 9.17) is 4.74 Å². The Hall–Kier alpha value is -3.25. The largest absolute Gasteiger partial charge is 0.438 e. The van der Waals surface area contributed by atoms with Gasteiger partial charge in [-0.3, -0.25) is 0 Å². The molecule has 1 saturated carbocycles. The predicted molar refractivity (Wildman–Crippen MR) is 135 cm³/mol. The number of nitrogens with zero attached hydrogens (tertiary/aromatic N) is 3. The van der Waals surface area contributed by atoms with Gasteiger partial charge in [0.25, 0.3) is 0 Å². The predicted octanol–water partition coefficient (Wildman–Crippen LogP) is 5.80. The molecule has 1 N–H and O–H groups in total. The van der Waals surface area contributed by atoms with Gasteiger partial charge in [0.15, 0.2) is 0 Å². The summed E-state index contributed by atoms with van der Waals surface area (Å²) in [6, 6.07) is 22.1. The van der Waals surface area contributed by atoms with Crippen LogP contribution in [0.1, 0.15) is 62.4 Å². The summed E-state index contributed by atoms with van der Waals surface area (Å²) in [7, 11) is 0. The fourth-order valence-electron chi connectivity index (χ4n) is 5.31. The molecule has 1 unspecified atom stereocenters. The van der Waals surface area contributed by atoms with Crippen molar-refractivity contribution in [2.75, 3.05) is 6.54 Å². The Morgan fingerprint density at radius 3 is 2.34 bits per heavy atom. The lowest BCUT2D eigenvalue weighted by atomic mass is 9.80. The van der Waals surface area contributed by atoms with E-state index in [9.17, 15) is 9.90 Å². The van der Waals surface area contributed by atoms with Crippen LogP contribution in [0.4, 0.5) is 4.79 Å². The zero-order valence-electron chi connectivity index (χ0n) is 20.6. The highest BCUT2D eigenvalue weighted by Crippen LogP contribution is 2.48. The topological polar surface area (TPSA) is 75.6 Å². The van der Waals surface area contributed by atoms with Crippen LogP contribution >= 0.6 is 0 Å². The van der Waals surface area contributed by atoms with Gasteiger partial charge in [-0.2, -0.15) is 10.2 Å². The van der Waals surface area contributed by atoms with E-state index >= 15 is 0 Å². The van der Waals surface area contributed by atoms with Crippen molar-refractivity contribution in [1.29, 1.82) is 0 Å². The fourth-order valence-corrected chi connectivity index (χ4v) is 5.31. The van der Waals surface area contributed by atoms with Crippen molar-refractivity contribution in [3.8, 4) is 11.3 Å². The molecule has 2 fully saturated rings. The van der Waals surface area contributed by atoms with Crippen molar-refractivity contribution in [3.63, 3.8) is 0 Å². The normalized spacial score (nSPS) is 21.5. The van der Waals surface area contributed by atoms with E-state index in [1.807, 2.05) is 54.3 Å². The molecule has 3 aromatic rings. The number of amides is 1. The Morgan fingerprint density at radius 1 is 1.06 bits per heavy atom. The molecule has 6 nitrogen and oxygen atoms in total. The summed E-state index contributed by atoms with van der Waals surface area (Å²) < 4.78 is 6.24. The van der Waals surface area contributed by atoms with E-state index < -0.39 is 11.2 Å². The van der Waals surface area contributed by atoms with Crippen molar-refractivity contribution in [1.82, 2.24) is 15.1 Å². The average molecular weight is 472 g/mol. The summed E-state index contributed by atoms with van der Waals surface area (Å²) in [4.78, 5) is 15.4. The molecule has 2 aliphatic rings. The molecule has 0 bridgehead atoms. The van der Waals surface area contributed by atoms with E-state index in [0.717, 1.165) is 40.9 Å². The maximum atomic E-state index is 13.5. The van der Waals surface area contributed by atoms with Crippen molar-refractivity contribution < 1.29 is 14.6 Å². The maximum Gasteiger partial charge on any atom is 0.411 e. The smallest absolute Gasteiger partial charge is 0.411 e. The standard InChI is InChI=1S/C29H33N3O3/c1-20-9-16-25(31-30-20)21-10-12-22(13-11-21)26(23-14-15-23)32-18-17-29(35-27(32)33,19-28(2,3)34)24-7-5-4-6-8-24/h4-13,16,23,26,34H,14-15,17-19H2,1-3H3/t26-,29?/m1/s1. The van der Waals surface area contributed by atoms with Gasteiger partial charge in [-0.15, -0.1) is 0 Å². The Labute approximate surface area is 207 Å². The zero-order valence-corrected chi connectivity index (χ0v) is 20.6. The molecular weight excluding hydrogens is 438 g/mol. The van der Waals surface area contributed by atoms with Crippen LogP contribution < -0.4 is 0 Å². The van der Waals surface area contributed by atoms with Crippen LogP contribution in [0.25, 0.3) is 11.3 Å². The van der Waals surface area contributed by atoms with Gasteiger partial charge in [0.05, 0.1) is 23.0 Å². The first-order chi connectivity index (χ1) is 16.7. The highest BCUT2D eigenvalue weighted by atomic mass is 16.6. The molecule has 1 aromatic heterocycles. The molecule has 182 valence electrons. The fraction of sp³-hybridized carbons (Fsp3) is 0.414. The molecule has 5 rings (SSSR count). The number of aliphatic hydroxyl groups is 1. The first-order valence-corrected chi connectivity index (χ1v) is 12.4. The van der Waals surface area contributed by atoms with Crippen molar-refractivity contribution in [2.24, 2.45) is 5.92 Å². The summed E-state index contributed by atoms with van der Waals surface area (Å²) >= 11 is 0. The van der Waals surface area contributed by atoms with Gasteiger partial charge in [-0.1, -0.05) is 54.6 Å². The molecule has 0 radical (unpaired) electrons. The number of aryl methyl sites for hydroxylation is 1. The van der Waals surface area contributed by atoms with Gasteiger partial charge in [0, 0.05) is 24.9 Å². The van der Waals surface area contributed by atoms with Gasteiger partial charge in [0.1, 0.15) is 5.60 Å². The van der Waals surface area contributed by atoms with E-state index in [2.05, 4.69) is 34.5 Å². The minimum absolute atomic E-state index is 0.0171. The van der Waals surface area contributed by atoms with Crippen LogP contribution in [0.5, 0.6) is 0 Å². The Bertz CT molecular complexity index is 1170. The molecular formula is C29H33N3O3. The number of benzene rings is 2. The van der Waals surface area contributed by atoms with E-state index in [-0.39, 0.29) is 12.1 Å². The average Bonchev–Trinajstić information content (AvgIpc) is 3.67. The van der Waals surface area contributed by atoms with E-state index in [1.165, 1.54) is 0 Å². The molecule has 2 atom stereocenters. The second-order valence-corrected chi connectivity index (χ2v) is 10.6. The number of aromatic nitrogens is 2. The molecule has 1 aliphatic heterocycles. The number of hydrogen-bond acceptors (Lipinski definition) is 5. The summed E-state index contributed by atoms with van der Waals surface area (Å²) in [6.07, 6.45) is 2.88. The SMILES string of the molecule is Cc1ccc(-c2ccc([C@H](C3CC3)N3CCC(CC(C)(C)O)(c4ccccc4)OC3=O)cc2)nn1. The van der Waals surface area contributed by atoms with Crippen molar-refractivity contribution in [3.05, 3.63) is 83.6 Å². The van der Waals surface area contributed by atoms with Crippen LogP contribution in [0.15, 0.2) is 66.7 Å². The molecule has 1 saturated heterocycles. The minimum Gasteiger partial charge on any atom is -0.438 e. The third kappa shape index (κ3) is 5.08. The number of rotatable bonds is 7. The van der Waals surface area contributed by atoms with Crippen LogP contribution in [-0.2, 0) is 10.3 Å². The van der Waals surface area contributed by atoms with Gasteiger partial charge in [-0.05, 0) is 62.8 Å². The molecule has 1 aliphatic carbocycles. The van der Waals surface area contributed by atoms with Crippen LogP contribution in [0.3, 0.4) is 0 Å². The second-order valence-electron chi connectivity index (χ2n) is 10.6. The highest BCUT2D eigenvalue weighted by molar-refractivity contribution is 5.70. The third-order valence-electron chi connectivity index (χ3n) is 7.04. The van der Waals surface area contributed by atoms with Crippen molar-refractivity contribution in [2.45, 2.75) is 63.7 Å². The molecule has 6 heteroatoms. The maximum absolute atomic E-state index is 13.5. The lowest BCUT2D eigenvalue weighted by Gasteiger charge is -2.46.